The van der Waals surface area contributed by atoms with Crippen LogP contribution in [0.25, 0.3) is 0 Å². The summed E-state index contributed by atoms with van der Waals surface area (Å²) in [5.74, 6) is 0.00196. The van der Waals surface area contributed by atoms with Crippen LogP contribution in [0.2, 0.25) is 0 Å². The van der Waals surface area contributed by atoms with Gasteiger partial charge in [0.15, 0.2) is 0 Å². The highest BCUT2D eigenvalue weighted by atomic mass is 32.2. The molecule has 0 unspecified atom stereocenters. The lowest BCUT2D eigenvalue weighted by Gasteiger charge is -2.33. The zero-order chi connectivity index (χ0) is 20.1. The number of benzene rings is 1. The normalized spacial score (nSPS) is 28.0. The van der Waals surface area contributed by atoms with Crippen LogP contribution >= 0.6 is 0 Å². The molecule has 1 saturated carbocycles. The molecule has 3 aliphatic rings. The summed E-state index contributed by atoms with van der Waals surface area (Å²) in [5, 5.41) is 0. The lowest BCUT2D eigenvalue weighted by atomic mass is 9.91. The van der Waals surface area contributed by atoms with E-state index in [4.69, 9.17) is 0 Å². The Morgan fingerprint density at radius 3 is 2.50 bits per heavy atom. The third kappa shape index (κ3) is 3.72. The number of hydrogen-bond acceptors (Lipinski definition) is 4. The number of nitrogens with one attached hydrogen (secondary N) is 1. The van der Waals surface area contributed by atoms with Gasteiger partial charge in [-0.2, -0.15) is 0 Å². The molecule has 0 aromatic heterocycles. The molecule has 2 fully saturated rings. The number of rotatable bonds is 2. The average molecular weight is 406 g/mol. The molecular formula is C21H31N3O3S. The molecule has 2 atom stereocenters. The number of carbonyl (C=O) groups is 1. The van der Waals surface area contributed by atoms with Crippen molar-refractivity contribution in [1.29, 1.82) is 0 Å². The van der Waals surface area contributed by atoms with Crippen molar-refractivity contribution >= 4 is 21.6 Å². The minimum atomic E-state index is -3.66. The highest BCUT2D eigenvalue weighted by molar-refractivity contribution is 7.89. The summed E-state index contributed by atoms with van der Waals surface area (Å²) in [4.78, 5) is 17.8. The fourth-order valence-corrected chi connectivity index (χ4v) is 6.40. The van der Waals surface area contributed by atoms with Gasteiger partial charge in [0.25, 0.3) is 0 Å². The lowest BCUT2D eigenvalue weighted by molar-refractivity contribution is -0.120. The molecule has 0 bridgehead atoms. The van der Waals surface area contributed by atoms with E-state index in [9.17, 15) is 13.2 Å². The van der Waals surface area contributed by atoms with Crippen molar-refractivity contribution < 1.29 is 13.2 Å². The van der Waals surface area contributed by atoms with E-state index in [-0.39, 0.29) is 28.3 Å². The topological polar surface area (TPSA) is 69.7 Å². The molecule has 0 radical (unpaired) electrons. The first-order valence-corrected chi connectivity index (χ1v) is 11.8. The van der Waals surface area contributed by atoms with Gasteiger partial charge in [-0.05, 0) is 30.4 Å². The fraction of sp³-hybridized carbons (Fsp3) is 0.667. The zero-order valence-corrected chi connectivity index (χ0v) is 17.8. The van der Waals surface area contributed by atoms with Gasteiger partial charge in [-0.15, -0.1) is 0 Å². The fourth-order valence-electron chi connectivity index (χ4n) is 4.94. The Morgan fingerprint density at radius 1 is 1.14 bits per heavy atom. The average Bonchev–Trinajstić information content (AvgIpc) is 3.22. The number of para-hydroxylation sites is 1. The maximum Gasteiger partial charge on any atom is 0.243 e. The summed E-state index contributed by atoms with van der Waals surface area (Å²) in [6.07, 6.45) is 5.18. The summed E-state index contributed by atoms with van der Waals surface area (Å²) in [7, 11) is -3.66. The van der Waals surface area contributed by atoms with Gasteiger partial charge in [0, 0.05) is 25.6 Å². The second-order valence-electron chi connectivity index (χ2n) is 9.66. The molecule has 28 heavy (non-hydrogen) atoms. The third-order valence-electron chi connectivity index (χ3n) is 6.16. The number of anilines is 1. The second kappa shape index (κ2) is 7.11. The van der Waals surface area contributed by atoms with Gasteiger partial charge in [-0.1, -0.05) is 45.7 Å². The minimum Gasteiger partial charge on any atom is -0.305 e. The summed E-state index contributed by atoms with van der Waals surface area (Å²) in [6, 6.07) is 6.97. The first kappa shape index (κ1) is 19.9. The molecule has 154 valence electrons. The molecule has 1 aliphatic carbocycles. The SMILES string of the molecule is CC(C)(C)CC(=O)N1c2ccccc2S(=O)(=O)N[C@@H]2CN(C3CCCC3)C[C@H]21. The van der Waals surface area contributed by atoms with Crippen LogP contribution in [0, 0.1) is 5.41 Å². The van der Waals surface area contributed by atoms with Gasteiger partial charge in [0.1, 0.15) is 4.90 Å². The Morgan fingerprint density at radius 2 is 1.82 bits per heavy atom. The summed E-state index contributed by atoms with van der Waals surface area (Å²) < 4.78 is 29.0. The Kier molecular flexibility index (Phi) is 5.04. The monoisotopic (exact) mass is 405 g/mol. The van der Waals surface area contributed by atoms with E-state index in [1.54, 1.807) is 23.1 Å². The van der Waals surface area contributed by atoms with Crippen molar-refractivity contribution in [3.63, 3.8) is 0 Å². The van der Waals surface area contributed by atoms with Gasteiger partial charge >= 0.3 is 0 Å². The Labute approximate surface area is 168 Å². The molecule has 7 heteroatoms. The number of hydrogen-bond donors (Lipinski definition) is 1. The Hall–Kier alpha value is -1.44. The molecule has 1 saturated heterocycles. The molecule has 1 aromatic carbocycles. The summed E-state index contributed by atoms with van der Waals surface area (Å²) in [5.41, 5.74) is 0.356. The number of carbonyl (C=O) groups excluding carboxylic acids is 1. The predicted molar refractivity (Wildman–Crippen MR) is 110 cm³/mol. The van der Waals surface area contributed by atoms with Crippen LogP contribution in [0.4, 0.5) is 5.69 Å². The van der Waals surface area contributed by atoms with Gasteiger partial charge in [0.05, 0.1) is 17.8 Å². The van der Waals surface area contributed by atoms with Gasteiger partial charge in [0.2, 0.25) is 15.9 Å². The van der Waals surface area contributed by atoms with E-state index in [1.807, 2.05) is 26.8 Å². The molecular weight excluding hydrogens is 374 g/mol. The number of amides is 1. The zero-order valence-electron chi connectivity index (χ0n) is 17.0. The number of sulfonamides is 1. The highest BCUT2D eigenvalue weighted by Crippen LogP contribution is 2.37. The van der Waals surface area contributed by atoms with Crippen molar-refractivity contribution in [3.05, 3.63) is 24.3 Å². The maximum absolute atomic E-state index is 13.4. The van der Waals surface area contributed by atoms with Crippen molar-refractivity contribution in [2.45, 2.75) is 75.9 Å². The van der Waals surface area contributed by atoms with Crippen LogP contribution in [0.3, 0.4) is 0 Å². The van der Waals surface area contributed by atoms with Crippen LogP contribution in [-0.4, -0.2) is 50.4 Å². The van der Waals surface area contributed by atoms with E-state index in [2.05, 4.69) is 9.62 Å². The lowest BCUT2D eigenvalue weighted by Crippen LogP contribution is -2.51. The van der Waals surface area contributed by atoms with Crippen molar-refractivity contribution in [2.24, 2.45) is 5.41 Å². The van der Waals surface area contributed by atoms with Crippen molar-refractivity contribution in [2.75, 3.05) is 18.0 Å². The predicted octanol–water partition coefficient (Wildman–Crippen LogP) is 2.74. The molecule has 0 spiro atoms. The molecule has 1 N–H and O–H groups in total. The smallest absolute Gasteiger partial charge is 0.243 e. The standard InChI is InChI=1S/C21H31N3O3S/c1-21(2,3)12-20(25)24-17-10-6-7-11-19(17)28(26,27)22-16-13-23(14-18(16)24)15-8-4-5-9-15/h6-7,10-11,15-16,18,22H,4-5,8-9,12-14H2,1-3H3/t16-,18-/m1/s1. The van der Waals surface area contributed by atoms with E-state index in [0.717, 1.165) is 6.54 Å². The molecule has 1 aromatic rings. The van der Waals surface area contributed by atoms with Gasteiger partial charge < -0.3 is 4.90 Å². The van der Waals surface area contributed by atoms with Crippen molar-refractivity contribution in [1.82, 2.24) is 9.62 Å². The van der Waals surface area contributed by atoms with Crippen LogP contribution in [0.15, 0.2) is 29.2 Å². The van der Waals surface area contributed by atoms with E-state index >= 15 is 0 Å². The van der Waals surface area contributed by atoms with Crippen LogP contribution in [-0.2, 0) is 14.8 Å². The van der Waals surface area contributed by atoms with Crippen LogP contribution in [0.5, 0.6) is 0 Å². The molecule has 4 rings (SSSR count). The number of fused-ring (bicyclic) bond motifs is 2. The largest absolute Gasteiger partial charge is 0.305 e. The molecule has 2 aliphatic heterocycles. The Bertz CT molecular complexity index is 856. The molecule has 6 nitrogen and oxygen atoms in total. The highest BCUT2D eigenvalue weighted by Gasteiger charge is 2.47. The number of nitrogens with zero attached hydrogens (tertiary/aromatic N) is 2. The Balaban J connectivity index is 1.75. The quantitative estimate of drug-likeness (QED) is 0.821. The van der Waals surface area contributed by atoms with E-state index in [0.29, 0.717) is 24.7 Å². The molecule has 1 amide bonds. The van der Waals surface area contributed by atoms with Gasteiger partial charge in [-0.3, -0.25) is 9.69 Å². The summed E-state index contributed by atoms with van der Waals surface area (Å²) in [6.45, 7) is 7.52. The van der Waals surface area contributed by atoms with E-state index < -0.39 is 10.0 Å². The number of likely N-dealkylation sites (tertiary alicyclic amines) is 1. The van der Waals surface area contributed by atoms with E-state index in [1.165, 1.54) is 25.7 Å². The summed E-state index contributed by atoms with van der Waals surface area (Å²) >= 11 is 0. The first-order valence-electron chi connectivity index (χ1n) is 10.3. The third-order valence-corrected chi connectivity index (χ3v) is 7.70. The second-order valence-corrected chi connectivity index (χ2v) is 11.3. The van der Waals surface area contributed by atoms with Crippen LogP contribution in [0.1, 0.15) is 52.9 Å². The van der Waals surface area contributed by atoms with Crippen LogP contribution < -0.4 is 9.62 Å². The maximum atomic E-state index is 13.4. The first-order chi connectivity index (χ1) is 13.2. The molecule has 2 heterocycles. The van der Waals surface area contributed by atoms with Crippen molar-refractivity contribution in [3.8, 4) is 0 Å². The van der Waals surface area contributed by atoms with Gasteiger partial charge in [-0.25, -0.2) is 13.1 Å². The minimum absolute atomic E-state index is 0.00196.